The number of carbonyl (C=O) groups excluding carboxylic acids is 1. The molecule has 4 atom stereocenters. The van der Waals surface area contributed by atoms with E-state index in [2.05, 4.69) is 10.3 Å². The molecular formula is C8H13N5O5. The molecule has 1 aliphatic rings. The molecule has 10 nitrogen and oxygen atoms in total. The first-order valence-electron chi connectivity index (χ1n) is 5.10. The third kappa shape index (κ3) is 1.80. The average Bonchev–Trinajstić information content (AvgIpc) is 2.82. The van der Waals surface area contributed by atoms with Crippen molar-refractivity contribution >= 4 is 11.7 Å². The Bertz CT molecular complexity index is 463. The zero-order chi connectivity index (χ0) is 13.4. The Morgan fingerprint density at radius 2 is 2.11 bits per heavy atom. The molecule has 100 valence electrons. The number of anilines is 1. The van der Waals surface area contributed by atoms with Crippen LogP contribution in [0, 0.1) is 0 Å². The molecule has 0 radical (unpaired) electrons. The van der Waals surface area contributed by atoms with Crippen molar-refractivity contribution < 1.29 is 24.9 Å². The Morgan fingerprint density at radius 1 is 1.44 bits per heavy atom. The number of rotatable bonds is 3. The number of hydrogen-bond donors (Lipinski definition) is 5. The minimum atomic E-state index is -1.35. The second kappa shape index (κ2) is 4.49. The Morgan fingerprint density at radius 3 is 2.56 bits per heavy atom. The zero-order valence-electron chi connectivity index (χ0n) is 9.17. The molecule has 0 unspecified atom stereocenters. The standard InChI is InChI=1S/C8H13N5O5/c9-6-3(7(10)17)11-12-13(6)8-5(16)4(15)2(1-14)18-8/h2,4-5,8,14-16H,1,9H2,(H2,10,17)/t2-,4-,5-,8-/m0/s1. The summed E-state index contributed by atoms with van der Waals surface area (Å²) in [6.45, 7) is -0.480. The normalized spacial score (nSPS) is 31.7. The molecule has 2 heterocycles. The van der Waals surface area contributed by atoms with Gasteiger partial charge in [-0.3, -0.25) is 4.79 Å². The number of ether oxygens (including phenoxy) is 1. The molecule has 0 aliphatic carbocycles. The highest BCUT2D eigenvalue weighted by Gasteiger charge is 2.44. The van der Waals surface area contributed by atoms with E-state index in [1.54, 1.807) is 0 Å². The maximum Gasteiger partial charge on any atom is 0.273 e. The van der Waals surface area contributed by atoms with E-state index in [1.807, 2.05) is 0 Å². The Balaban J connectivity index is 2.30. The van der Waals surface area contributed by atoms with Gasteiger partial charge < -0.3 is 31.5 Å². The van der Waals surface area contributed by atoms with Crippen molar-refractivity contribution in [3.63, 3.8) is 0 Å². The number of carbonyl (C=O) groups is 1. The lowest BCUT2D eigenvalue weighted by atomic mass is 10.1. The molecule has 1 aromatic heterocycles. The Kier molecular flexibility index (Phi) is 3.17. The molecule has 2 rings (SSSR count). The van der Waals surface area contributed by atoms with Crippen LogP contribution in [0.15, 0.2) is 0 Å². The fraction of sp³-hybridized carbons (Fsp3) is 0.625. The first-order valence-corrected chi connectivity index (χ1v) is 5.10. The summed E-state index contributed by atoms with van der Waals surface area (Å²) in [6.07, 6.45) is -4.75. The number of hydrogen-bond acceptors (Lipinski definition) is 8. The van der Waals surface area contributed by atoms with E-state index in [9.17, 15) is 15.0 Å². The molecule has 10 heteroatoms. The predicted octanol–water partition coefficient (Wildman–Crippen LogP) is -3.43. The van der Waals surface area contributed by atoms with E-state index in [0.29, 0.717) is 0 Å². The summed E-state index contributed by atoms with van der Waals surface area (Å²) in [5, 5.41) is 35.2. The number of nitrogens with two attached hydrogens (primary N) is 2. The van der Waals surface area contributed by atoms with Crippen LogP contribution in [0.2, 0.25) is 0 Å². The van der Waals surface area contributed by atoms with E-state index in [0.717, 1.165) is 4.68 Å². The van der Waals surface area contributed by atoms with Gasteiger partial charge in [0.2, 0.25) is 0 Å². The van der Waals surface area contributed by atoms with Crippen LogP contribution in [0.4, 0.5) is 5.82 Å². The Labute approximate surface area is 101 Å². The molecule has 1 aromatic rings. The molecule has 0 saturated carbocycles. The van der Waals surface area contributed by atoms with Crippen molar-refractivity contribution in [2.75, 3.05) is 12.3 Å². The van der Waals surface area contributed by atoms with Gasteiger partial charge in [0.25, 0.3) is 5.91 Å². The van der Waals surface area contributed by atoms with Crippen molar-refractivity contribution in [3.8, 4) is 0 Å². The zero-order valence-corrected chi connectivity index (χ0v) is 9.17. The van der Waals surface area contributed by atoms with Crippen molar-refractivity contribution in [1.29, 1.82) is 0 Å². The number of primary amides is 1. The third-order valence-electron chi connectivity index (χ3n) is 2.72. The second-order valence-corrected chi connectivity index (χ2v) is 3.86. The van der Waals surface area contributed by atoms with Crippen molar-refractivity contribution in [2.45, 2.75) is 24.5 Å². The molecule has 1 aliphatic heterocycles. The number of aliphatic hydroxyl groups excluding tert-OH is 3. The van der Waals surface area contributed by atoms with Crippen molar-refractivity contribution in [2.24, 2.45) is 5.73 Å². The monoisotopic (exact) mass is 259 g/mol. The number of aliphatic hydroxyl groups is 3. The van der Waals surface area contributed by atoms with Gasteiger partial charge >= 0.3 is 0 Å². The SMILES string of the molecule is NC(=O)c1nnn([C@H]2O[C@@H](CO)[C@H](O)[C@@H]2O)c1N. The molecule has 18 heavy (non-hydrogen) atoms. The van der Waals surface area contributed by atoms with Crippen LogP contribution in [0.5, 0.6) is 0 Å². The van der Waals surface area contributed by atoms with Crippen LogP contribution in [-0.4, -0.2) is 61.1 Å². The van der Waals surface area contributed by atoms with Gasteiger partial charge in [0.05, 0.1) is 6.61 Å². The number of nitrogen functional groups attached to an aromatic ring is 1. The van der Waals surface area contributed by atoms with E-state index >= 15 is 0 Å². The average molecular weight is 259 g/mol. The molecule has 0 aromatic carbocycles. The van der Waals surface area contributed by atoms with Gasteiger partial charge in [0, 0.05) is 0 Å². The molecule has 1 saturated heterocycles. The Hall–Kier alpha value is -1.75. The molecule has 1 amide bonds. The lowest BCUT2D eigenvalue weighted by Crippen LogP contribution is -2.33. The van der Waals surface area contributed by atoms with Crippen LogP contribution in [-0.2, 0) is 4.74 Å². The summed E-state index contributed by atoms with van der Waals surface area (Å²) in [6, 6.07) is 0. The minimum Gasteiger partial charge on any atom is -0.394 e. The van der Waals surface area contributed by atoms with Gasteiger partial charge in [-0.25, -0.2) is 0 Å². The van der Waals surface area contributed by atoms with Gasteiger partial charge in [-0.1, -0.05) is 5.21 Å². The van der Waals surface area contributed by atoms with E-state index in [4.69, 9.17) is 21.3 Å². The summed E-state index contributed by atoms with van der Waals surface area (Å²) in [4.78, 5) is 11.0. The lowest BCUT2D eigenvalue weighted by molar-refractivity contribution is -0.0582. The van der Waals surface area contributed by atoms with Crippen LogP contribution in [0.25, 0.3) is 0 Å². The smallest absolute Gasteiger partial charge is 0.273 e. The highest BCUT2D eigenvalue weighted by molar-refractivity contribution is 5.94. The number of nitrogens with zero attached hydrogens (tertiary/aromatic N) is 3. The third-order valence-corrected chi connectivity index (χ3v) is 2.72. The number of amides is 1. The lowest BCUT2D eigenvalue weighted by Gasteiger charge is -2.15. The quantitative estimate of drug-likeness (QED) is 0.373. The molecule has 7 N–H and O–H groups in total. The minimum absolute atomic E-state index is 0.183. The summed E-state index contributed by atoms with van der Waals surface area (Å²) >= 11 is 0. The first-order chi connectivity index (χ1) is 8.47. The molecule has 0 spiro atoms. The number of aromatic nitrogens is 3. The van der Waals surface area contributed by atoms with Crippen LogP contribution in [0.3, 0.4) is 0 Å². The van der Waals surface area contributed by atoms with Gasteiger partial charge in [0.1, 0.15) is 18.3 Å². The van der Waals surface area contributed by atoms with Gasteiger partial charge in [-0.15, -0.1) is 5.10 Å². The van der Waals surface area contributed by atoms with Crippen LogP contribution < -0.4 is 11.5 Å². The van der Waals surface area contributed by atoms with E-state index in [1.165, 1.54) is 0 Å². The first kappa shape index (κ1) is 12.7. The van der Waals surface area contributed by atoms with E-state index < -0.39 is 37.1 Å². The van der Waals surface area contributed by atoms with Gasteiger partial charge in [-0.2, -0.15) is 4.68 Å². The van der Waals surface area contributed by atoms with Crippen LogP contribution >= 0.6 is 0 Å². The topological polar surface area (TPSA) is 170 Å². The molecule has 1 fully saturated rings. The fourth-order valence-corrected chi connectivity index (χ4v) is 1.75. The van der Waals surface area contributed by atoms with Gasteiger partial charge in [0.15, 0.2) is 17.7 Å². The summed E-state index contributed by atoms with van der Waals surface area (Å²) < 4.78 is 6.11. The fourth-order valence-electron chi connectivity index (χ4n) is 1.75. The summed E-state index contributed by atoms with van der Waals surface area (Å²) in [5.74, 6) is -1.05. The highest BCUT2D eigenvalue weighted by Crippen LogP contribution is 2.30. The molecular weight excluding hydrogens is 246 g/mol. The molecule has 0 bridgehead atoms. The van der Waals surface area contributed by atoms with E-state index in [-0.39, 0.29) is 11.5 Å². The maximum absolute atomic E-state index is 11.0. The second-order valence-electron chi connectivity index (χ2n) is 3.86. The summed E-state index contributed by atoms with van der Waals surface area (Å²) in [7, 11) is 0. The summed E-state index contributed by atoms with van der Waals surface area (Å²) in [5.41, 5.74) is 10.3. The predicted molar refractivity (Wildman–Crippen MR) is 56.0 cm³/mol. The van der Waals surface area contributed by atoms with Crippen LogP contribution in [0.1, 0.15) is 16.7 Å². The largest absolute Gasteiger partial charge is 0.394 e. The van der Waals surface area contributed by atoms with Crippen molar-refractivity contribution in [1.82, 2.24) is 15.0 Å². The van der Waals surface area contributed by atoms with Crippen molar-refractivity contribution in [3.05, 3.63) is 5.69 Å². The highest BCUT2D eigenvalue weighted by atomic mass is 16.6. The maximum atomic E-state index is 11.0. The van der Waals surface area contributed by atoms with Gasteiger partial charge in [-0.05, 0) is 0 Å².